The molecule has 0 aromatic heterocycles. The van der Waals surface area contributed by atoms with Crippen LogP contribution >= 0.6 is 0 Å². The van der Waals surface area contributed by atoms with Gasteiger partial charge in [-0.05, 0) is 38.0 Å². The van der Waals surface area contributed by atoms with Gasteiger partial charge in [-0.3, -0.25) is 4.79 Å². The van der Waals surface area contributed by atoms with Crippen LogP contribution in [0.3, 0.4) is 0 Å². The molecule has 5 rings (SSSR count). The van der Waals surface area contributed by atoms with Gasteiger partial charge in [-0.25, -0.2) is 9.78 Å². The second-order valence-corrected chi connectivity index (χ2v) is 8.69. The van der Waals surface area contributed by atoms with Crippen molar-refractivity contribution in [1.29, 1.82) is 0 Å². The Labute approximate surface area is 186 Å². The van der Waals surface area contributed by atoms with E-state index in [0.717, 1.165) is 25.7 Å². The van der Waals surface area contributed by atoms with Gasteiger partial charge in [0.05, 0.1) is 6.42 Å². The van der Waals surface area contributed by atoms with Crippen molar-refractivity contribution in [2.45, 2.75) is 83.3 Å². The molecule has 9 heteroatoms. The number of rotatable bonds is 4. The molecule has 4 aliphatic heterocycles. The minimum Gasteiger partial charge on any atom is -0.565 e. The minimum atomic E-state index is -0.871. The molecule has 4 heterocycles. The molecule has 2 N–H and O–H groups in total. The summed E-state index contributed by atoms with van der Waals surface area (Å²) in [6, 6.07) is 0. The molecule has 1 saturated carbocycles. The molecular formula is C19H29NaO8+2. The van der Waals surface area contributed by atoms with Crippen molar-refractivity contribution < 1.29 is 68.2 Å². The van der Waals surface area contributed by atoms with E-state index in [0.29, 0.717) is 5.92 Å². The molecule has 1 aliphatic carbocycles. The normalized spacial score (nSPS) is 46.7. The number of carbonyl (C=O) groups is 2. The summed E-state index contributed by atoms with van der Waals surface area (Å²) in [5.41, 5.74) is -0.687. The van der Waals surface area contributed by atoms with Crippen LogP contribution in [0, 0.1) is 23.7 Å². The maximum Gasteiger partial charge on any atom is 1.00 e. The summed E-state index contributed by atoms with van der Waals surface area (Å²) >= 11 is 0. The molecule has 0 aromatic rings. The van der Waals surface area contributed by atoms with E-state index in [2.05, 4.69) is 6.92 Å². The molecule has 2 bridgehead atoms. The molecule has 4 saturated heterocycles. The fraction of sp³-hybridized carbons (Fsp3) is 0.895. The van der Waals surface area contributed by atoms with Gasteiger partial charge in [-0.1, -0.05) is 13.8 Å². The molecule has 28 heavy (non-hydrogen) atoms. The van der Waals surface area contributed by atoms with Gasteiger partial charge in [-0.2, -0.15) is 0 Å². The number of hydrogen-bond donors (Lipinski definition) is 0. The maximum atomic E-state index is 12.1. The molecule has 5 fully saturated rings. The number of esters is 1. The second kappa shape index (κ2) is 8.13. The third kappa shape index (κ3) is 3.66. The Bertz CT molecular complexity index is 629. The van der Waals surface area contributed by atoms with Crippen molar-refractivity contribution >= 4 is 11.9 Å². The van der Waals surface area contributed by atoms with E-state index in [9.17, 15) is 9.59 Å². The first kappa shape index (κ1) is 22.5. The quantitative estimate of drug-likeness (QED) is 0.248. The number of carbonyl (C=O) groups excluding carboxylic acids is 2. The van der Waals surface area contributed by atoms with Gasteiger partial charge in [0, 0.05) is 23.1 Å². The number of hydrogen-bond acceptors (Lipinski definition) is 7. The molecule has 0 amide bonds. The number of fused-ring (bicyclic) bond motifs is 2. The van der Waals surface area contributed by atoms with E-state index in [-0.39, 0.29) is 60.2 Å². The third-order valence-electron chi connectivity index (χ3n) is 6.90. The van der Waals surface area contributed by atoms with E-state index in [1.54, 1.807) is 0 Å². The van der Waals surface area contributed by atoms with Crippen molar-refractivity contribution in [2.24, 2.45) is 23.7 Å². The average molecular weight is 408 g/mol. The zero-order valence-electron chi connectivity index (χ0n) is 17.1. The largest absolute Gasteiger partial charge is 1.00 e. The second-order valence-electron chi connectivity index (χ2n) is 8.69. The molecule has 0 aromatic carbocycles. The summed E-state index contributed by atoms with van der Waals surface area (Å²) in [7, 11) is 0. The molecule has 8 nitrogen and oxygen atoms in total. The van der Waals surface area contributed by atoms with Crippen molar-refractivity contribution in [3.05, 3.63) is 0 Å². The van der Waals surface area contributed by atoms with Crippen LogP contribution in [-0.2, 0) is 33.6 Å². The van der Waals surface area contributed by atoms with Gasteiger partial charge in [0.1, 0.15) is 6.42 Å². The monoisotopic (exact) mass is 408 g/mol. The molecule has 152 valence electrons. The van der Waals surface area contributed by atoms with Gasteiger partial charge in [0.2, 0.25) is 12.1 Å². The zero-order valence-corrected chi connectivity index (χ0v) is 19.1. The molecule has 8 atom stereocenters. The van der Waals surface area contributed by atoms with Gasteiger partial charge in [0.25, 0.3) is 0 Å². The fourth-order valence-corrected chi connectivity index (χ4v) is 5.41. The SMILES string of the molecule is C[C@H]1[C@H](OC(=O)CCC(=O)[OH2+])O[C@@H]2O[C@]3(C)CC[C@H]4[C@H](C)CC[C@@H]1[C@@]24OO3.[Na+]. The van der Waals surface area contributed by atoms with Crippen LogP contribution in [-0.4, -0.2) is 41.0 Å². The predicted octanol–water partition coefficient (Wildman–Crippen LogP) is -1.23. The van der Waals surface area contributed by atoms with Crippen LogP contribution in [0.15, 0.2) is 0 Å². The Kier molecular flexibility index (Phi) is 6.53. The van der Waals surface area contributed by atoms with E-state index in [4.69, 9.17) is 29.1 Å². The van der Waals surface area contributed by atoms with Gasteiger partial charge >= 0.3 is 41.5 Å². The fourth-order valence-electron chi connectivity index (χ4n) is 5.41. The van der Waals surface area contributed by atoms with Crippen LogP contribution in [0.25, 0.3) is 0 Å². The van der Waals surface area contributed by atoms with Crippen LogP contribution in [0.1, 0.15) is 59.3 Å². The van der Waals surface area contributed by atoms with Crippen molar-refractivity contribution in [2.75, 3.05) is 0 Å². The summed E-state index contributed by atoms with van der Waals surface area (Å²) in [4.78, 5) is 34.7. The number of ether oxygens (including phenoxy) is 3. The first-order valence-corrected chi connectivity index (χ1v) is 9.89. The molecular weight excluding hydrogens is 379 g/mol. The molecule has 0 radical (unpaired) electrons. The van der Waals surface area contributed by atoms with E-state index < -0.39 is 35.9 Å². The van der Waals surface area contributed by atoms with Crippen molar-refractivity contribution in [3.63, 3.8) is 0 Å². The van der Waals surface area contributed by atoms with Crippen LogP contribution in [0.2, 0.25) is 0 Å². The topological polar surface area (TPSA) is 103 Å². The Morgan fingerprint density at radius 2 is 1.86 bits per heavy atom. The van der Waals surface area contributed by atoms with Crippen molar-refractivity contribution in [1.82, 2.24) is 0 Å². The summed E-state index contributed by atoms with van der Waals surface area (Å²) in [6.07, 6.45) is 1.96. The Morgan fingerprint density at radius 3 is 2.57 bits per heavy atom. The van der Waals surface area contributed by atoms with Crippen LogP contribution < -0.4 is 29.6 Å². The molecule has 5 aliphatic rings. The van der Waals surface area contributed by atoms with Gasteiger partial charge in [0.15, 0.2) is 11.9 Å². The van der Waals surface area contributed by atoms with Crippen LogP contribution in [0.5, 0.6) is 0 Å². The van der Waals surface area contributed by atoms with Gasteiger partial charge in [-0.15, -0.1) is 0 Å². The van der Waals surface area contributed by atoms with Gasteiger partial charge < -0.3 is 19.3 Å². The first-order valence-electron chi connectivity index (χ1n) is 9.89. The standard InChI is InChI=1S/C19H28O8.Na/c1-10-4-5-13-11(2)16(23-15(22)7-6-14(20)21)24-17-19(13)12(10)8-9-18(3,25-17)26-27-19;/h10-13,16-17H,4-9H2,1-3H3,(H,20,21);/q;+1/p+1/t10-,11-,12+,13+,16-,17-,18+,19-;/m1./s1. The smallest absolute Gasteiger partial charge is 0.565 e. The molecule has 0 unspecified atom stereocenters. The Balaban J connectivity index is 0.00000225. The minimum absolute atomic E-state index is 0. The Morgan fingerprint density at radius 1 is 1.11 bits per heavy atom. The van der Waals surface area contributed by atoms with Crippen LogP contribution in [0.4, 0.5) is 0 Å². The first-order chi connectivity index (χ1) is 12.7. The third-order valence-corrected chi connectivity index (χ3v) is 6.90. The average Bonchev–Trinajstić information content (AvgIpc) is 2.84. The zero-order chi connectivity index (χ0) is 19.4. The maximum absolute atomic E-state index is 12.1. The summed E-state index contributed by atoms with van der Waals surface area (Å²) < 4.78 is 17.8. The summed E-state index contributed by atoms with van der Waals surface area (Å²) in [5.74, 6) is -1.48. The van der Waals surface area contributed by atoms with E-state index >= 15 is 0 Å². The Hall–Kier alpha value is -0.220. The van der Waals surface area contributed by atoms with E-state index in [1.165, 1.54) is 0 Å². The van der Waals surface area contributed by atoms with E-state index in [1.807, 2.05) is 13.8 Å². The summed E-state index contributed by atoms with van der Waals surface area (Å²) in [6.45, 7) is 6.09. The van der Waals surface area contributed by atoms with Crippen molar-refractivity contribution in [3.8, 4) is 0 Å². The predicted molar refractivity (Wildman–Crippen MR) is 90.8 cm³/mol. The molecule has 1 spiro atoms. The summed E-state index contributed by atoms with van der Waals surface area (Å²) in [5, 5.41) is 6.93.